The smallest absolute Gasteiger partial charge is 0.0379 e. The van der Waals surface area contributed by atoms with Gasteiger partial charge in [-0.3, -0.25) is 0 Å². The van der Waals surface area contributed by atoms with Crippen LogP contribution in [-0.2, 0) is 0 Å². The first-order chi connectivity index (χ1) is 8.83. The van der Waals surface area contributed by atoms with Crippen molar-refractivity contribution in [3.8, 4) is 0 Å². The third-order valence-electron chi connectivity index (χ3n) is 2.25. The molecule has 0 saturated heterocycles. The van der Waals surface area contributed by atoms with Crippen LogP contribution in [-0.4, -0.2) is 117 Å². The van der Waals surface area contributed by atoms with E-state index in [1.54, 1.807) is 0 Å². The molecule has 0 N–H and O–H groups in total. The Morgan fingerprint density at radius 3 is 0.522 bits per heavy atom. The molecule has 0 bridgehead atoms. The molecule has 0 aromatic rings. The summed E-state index contributed by atoms with van der Waals surface area (Å²) in [5.74, 6) is 0. The molecule has 0 amide bonds. The molecule has 0 fully saturated rings. The third kappa shape index (κ3) is 30.4. The zero-order valence-corrected chi connectivity index (χ0v) is 30.7. The van der Waals surface area contributed by atoms with E-state index in [9.17, 15) is 0 Å². The maximum Gasteiger partial charge on any atom is 0.0379 e. The third-order valence-corrected chi connectivity index (χ3v) is 60.8. The van der Waals surface area contributed by atoms with Gasteiger partial charge in [-0.05, 0) is 0 Å². The van der Waals surface area contributed by atoms with Crippen molar-refractivity contribution < 1.29 is 0 Å². The summed E-state index contributed by atoms with van der Waals surface area (Å²) in [4.78, 5) is 0. The predicted molar refractivity (Wildman–Crippen MR) is 134 cm³/mol. The van der Waals surface area contributed by atoms with E-state index in [-0.39, 0.29) is 93.9 Å². The van der Waals surface area contributed by atoms with E-state index in [0.717, 1.165) is 0 Å². The minimum atomic E-state index is -0.832. The van der Waals surface area contributed by atoms with E-state index in [2.05, 4.69) is 98.2 Å². The van der Waals surface area contributed by atoms with E-state index in [1.807, 2.05) is 0 Å². The molecule has 0 heterocycles. The van der Waals surface area contributed by atoms with Crippen molar-refractivity contribution >= 4 is 117 Å². The van der Waals surface area contributed by atoms with Gasteiger partial charge >= 0.3 is 0 Å². The van der Waals surface area contributed by atoms with Crippen LogP contribution in [0.25, 0.3) is 0 Å². The fourth-order valence-electron chi connectivity index (χ4n) is 3.38. The molecule has 0 nitrogen and oxygen atoms in total. The van der Waals surface area contributed by atoms with E-state index in [0.29, 0.717) is 0 Å². The predicted octanol–water partition coefficient (Wildman–Crippen LogP) is 5.71. The van der Waals surface area contributed by atoms with Crippen molar-refractivity contribution in [3.05, 3.63) is 0 Å². The second-order valence-electron chi connectivity index (χ2n) is 10.1. The van der Waals surface area contributed by atoms with Crippen LogP contribution in [0.15, 0.2) is 0 Å². The molecule has 0 aliphatic rings. The number of hydrogen-bond donors (Lipinski definition) is 0. The summed E-state index contributed by atoms with van der Waals surface area (Å²) in [7, 11) is -2.23. The van der Waals surface area contributed by atoms with Crippen molar-refractivity contribution in [1.29, 1.82) is 0 Å². The zero-order chi connectivity index (χ0) is 18.2. The van der Waals surface area contributed by atoms with Gasteiger partial charge in [-0.2, -0.15) is 0 Å². The van der Waals surface area contributed by atoms with Gasteiger partial charge in [-0.15, -0.1) is 0 Å². The molecule has 8 heteroatoms. The van der Waals surface area contributed by atoms with E-state index >= 15 is 0 Å². The van der Waals surface area contributed by atoms with Crippen molar-refractivity contribution in [2.75, 3.05) is 0 Å². The molecule has 0 saturated carbocycles. The quantitative estimate of drug-likeness (QED) is 0.431. The Bertz CT molecular complexity index is 209. The van der Waals surface area contributed by atoms with Crippen LogP contribution in [0, 0.1) is 0 Å². The Labute approximate surface area is 211 Å². The first-order valence-electron chi connectivity index (χ1n) is 8.25. The largest absolute Gasteiger partial charge is 0.0721 e. The van der Waals surface area contributed by atoms with Crippen LogP contribution in [0.1, 0.15) is 0 Å². The molecule has 0 unspecified atom stereocenters. The topological polar surface area (TPSA) is 0 Å². The van der Waals surface area contributed by atoms with Gasteiger partial charge in [-0.1, -0.05) is 98.2 Å². The molecular weight excluding hydrogens is 460 g/mol. The van der Waals surface area contributed by atoms with Crippen molar-refractivity contribution in [2.45, 2.75) is 98.2 Å². The summed E-state index contributed by atoms with van der Waals surface area (Å²) in [6, 6.07) is 0. The Balaban J connectivity index is -0.0000000909. The van der Waals surface area contributed by atoms with E-state index < -0.39 is 22.8 Å². The minimum Gasteiger partial charge on any atom is -0.0721 e. The summed E-state index contributed by atoms with van der Waals surface area (Å²) < 4.78 is 0. The second kappa shape index (κ2) is 16.4. The zero-order valence-electron chi connectivity index (χ0n) is 19.5. The minimum absolute atomic E-state index is 0. The van der Waals surface area contributed by atoms with Crippen LogP contribution < -0.4 is 0 Å². The normalized spacial score (nSPS) is 11.7. The van der Waals surface area contributed by atoms with Crippen molar-refractivity contribution in [2.24, 2.45) is 0 Å². The van der Waals surface area contributed by atoms with E-state index in [4.69, 9.17) is 0 Å². The Morgan fingerprint density at radius 1 is 0.435 bits per heavy atom. The summed E-state index contributed by atoms with van der Waals surface area (Å²) in [6.07, 6.45) is 0. The monoisotopic (exact) mass is 506 g/mol. The first-order valence-corrected chi connectivity index (χ1v) is 29.2. The van der Waals surface area contributed by atoms with Gasteiger partial charge in [-0.25, -0.2) is 0 Å². The summed E-state index contributed by atoms with van der Waals surface area (Å²) in [6.45, 7) is 37.1. The van der Waals surface area contributed by atoms with Gasteiger partial charge in [0, 0.05) is 117 Å². The maximum atomic E-state index is 2.61. The standard InChI is InChI=1S/C9H27Si4.2C3H9Si.Ge.K/c1-11(2,3)10(12(4,5)6)13(7,8)9;2*1-4(2)3;;/h1-9H3;2*1-3H3;;. The molecular formula is C15H45GeKSi6. The number of rotatable bonds is 3. The fraction of sp³-hybridized carbons (Fsp3) is 1.00. The molecule has 134 valence electrons. The average Bonchev–Trinajstić information content (AvgIpc) is 1.88. The molecule has 0 spiro atoms. The Hall–Kier alpha value is 3.48. The summed E-state index contributed by atoms with van der Waals surface area (Å²) in [5.41, 5.74) is 0. The van der Waals surface area contributed by atoms with Crippen LogP contribution in [0.5, 0.6) is 0 Å². The number of hydrogen-bond acceptors (Lipinski definition) is 0. The molecule has 0 rings (SSSR count). The van der Waals surface area contributed by atoms with Gasteiger partial charge in [0.15, 0.2) is 0 Å². The van der Waals surface area contributed by atoms with Crippen LogP contribution in [0.2, 0.25) is 98.2 Å². The SMILES string of the molecule is C[Si](C)(C)[Si]([Si](C)(C)C)[Si](C)(C)C.C[Si](C)C.C[Si](C)C.[Ge].[K]. The van der Waals surface area contributed by atoms with Crippen molar-refractivity contribution in [3.63, 3.8) is 0 Å². The molecule has 23 heavy (non-hydrogen) atoms. The maximum absolute atomic E-state index is 2.61. The first kappa shape index (κ1) is 37.3. The van der Waals surface area contributed by atoms with Crippen LogP contribution in [0.3, 0.4) is 0 Å². The second-order valence-corrected chi connectivity index (χ2v) is 52.9. The van der Waals surface area contributed by atoms with Gasteiger partial charge in [0.1, 0.15) is 0 Å². The van der Waals surface area contributed by atoms with Crippen LogP contribution in [0.4, 0.5) is 0 Å². The van der Waals surface area contributed by atoms with Gasteiger partial charge in [0.25, 0.3) is 0 Å². The molecule has 0 aromatic heterocycles. The molecule has 0 aromatic carbocycles. The van der Waals surface area contributed by atoms with E-state index in [1.165, 1.54) is 0 Å². The van der Waals surface area contributed by atoms with Crippen molar-refractivity contribution in [1.82, 2.24) is 0 Å². The molecule has 0 aliphatic carbocycles. The Morgan fingerprint density at radius 2 is 0.522 bits per heavy atom. The van der Waals surface area contributed by atoms with Gasteiger partial charge < -0.3 is 0 Å². The fourth-order valence-corrected chi connectivity index (χ4v) is 91.1. The summed E-state index contributed by atoms with van der Waals surface area (Å²) in [5, 5.41) is 0. The molecule has 8 radical (unpaired) electrons. The Kier molecular flexibility index (Phi) is 26.6. The van der Waals surface area contributed by atoms with Gasteiger partial charge in [0.05, 0.1) is 0 Å². The van der Waals surface area contributed by atoms with Gasteiger partial charge in [0.2, 0.25) is 0 Å². The average molecular weight is 506 g/mol. The molecule has 0 aliphatic heterocycles. The summed E-state index contributed by atoms with van der Waals surface area (Å²) >= 11 is 0. The molecule has 0 atom stereocenters. The van der Waals surface area contributed by atoms with Crippen LogP contribution >= 0.6 is 0 Å².